The van der Waals surface area contributed by atoms with Gasteiger partial charge < -0.3 is 19.9 Å². The molecule has 2 aliphatic rings. The highest BCUT2D eigenvalue weighted by molar-refractivity contribution is 7.80. The van der Waals surface area contributed by atoms with Crippen LogP contribution in [0.4, 0.5) is 27.6 Å². The Balaban J connectivity index is 1.51. The lowest BCUT2D eigenvalue weighted by Gasteiger charge is -2.45. The van der Waals surface area contributed by atoms with Crippen molar-refractivity contribution in [2.45, 2.75) is 44.9 Å². The fourth-order valence-corrected chi connectivity index (χ4v) is 5.21. The molecule has 2 aromatic carbocycles. The fourth-order valence-electron chi connectivity index (χ4n) is 4.93. The molecular weight excluding hydrogens is 543 g/mol. The Morgan fingerprint density at radius 3 is 2.10 bits per heavy atom. The zero-order valence-electron chi connectivity index (χ0n) is 21.4. The summed E-state index contributed by atoms with van der Waals surface area (Å²) in [6.07, 6.45) is 0.752. The molecule has 0 saturated carbocycles. The number of nitrogens with one attached hydrogen (secondary N) is 2. The van der Waals surface area contributed by atoms with Crippen LogP contribution in [0.2, 0.25) is 0 Å². The molecule has 2 heterocycles. The number of carbonyl (C=O) groups is 2. The number of thiocarbonyl (C=S) groups is 1. The number of rotatable bonds is 5. The van der Waals surface area contributed by atoms with E-state index in [9.17, 15) is 31.5 Å². The van der Waals surface area contributed by atoms with Crippen LogP contribution in [0.25, 0.3) is 0 Å². The maximum atomic E-state index is 14.1. The van der Waals surface area contributed by atoms with E-state index in [4.69, 9.17) is 17.0 Å². The summed E-state index contributed by atoms with van der Waals surface area (Å²) in [6.45, 7) is 4.60. The molecule has 0 radical (unpaired) electrons. The molecule has 2 N–H and O–H groups in total. The molecule has 1 unspecified atom stereocenters. The minimum absolute atomic E-state index is 0.00364. The molecule has 13 heteroatoms. The molecule has 1 atom stereocenters. The van der Waals surface area contributed by atoms with Crippen LogP contribution in [-0.4, -0.2) is 58.7 Å². The van der Waals surface area contributed by atoms with Crippen molar-refractivity contribution in [3.05, 3.63) is 64.5 Å². The average molecular weight is 571 g/mol. The highest BCUT2D eigenvalue weighted by atomic mass is 32.1. The molecule has 0 aromatic heterocycles. The Labute approximate surface area is 227 Å². The third kappa shape index (κ3) is 5.29. The van der Waals surface area contributed by atoms with Crippen LogP contribution in [0, 0.1) is 35.0 Å². The number of piperidine rings is 1. The molecule has 7 nitrogen and oxygen atoms in total. The third-order valence-corrected chi connectivity index (χ3v) is 7.54. The van der Waals surface area contributed by atoms with Gasteiger partial charge in [0.1, 0.15) is 5.69 Å². The van der Waals surface area contributed by atoms with Crippen LogP contribution in [-0.2, 0) is 16.1 Å². The first-order valence-electron chi connectivity index (χ1n) is 12.2. The molecule has 1 spiro atoms. The maximum absolute atomic E-state index is 14.1. The number of anilines is 1. The third-order valence-electron chi connectivity index (χ3n) is 7.17. The number of hydrogen-bond donors (Lipinski definition) is 2. The van der Waals surface area contributed by atoms with Gasteiger partial charge in [-0.3, -0.25) is 10.1 Å². The number of nitrogens with zero attached hydrogens (tertiary/aromatic N) is 2. The number of carbonyl (C=O) groups excluding carboxylic acids is 2. The van der Waals surface area contributed by atoms with Crippen molar-refractivity contribution in [2.75, 3.05) is 25.5 Å². The quantitative estimate of drug-likeness (QED) is 0.183. The van der Waals surface area contributed by atoms with Crippen LogP contribution in [0.15, 0.2) is 24.3 Å². The standard InChI is InChI=1S/C26H27F5N4O3S/c1-13(2)21-23(36)35(12-14-4-6-15(7-5-14)24(37)38-3)26(33-21)8-10-34(11-9-26)25(39)32-22-19(30)17(28)16(27)18(29)20(22)31/h4-7,13,21,33H,8-12H2,1-3H3,(H,32,39). The van der Waals surface area contributed by atoms with Gasteiger partial charge in [-0.2, -0.15) is 0 Å². The van der Waals surface area contributed by atoms with E-state index in [2.05, 4.69) is 10.6 Å². The van der Waals surface area contributed by atoms with E-state index in [1.807, 2.05) is 13.8 Å². The minimum atomic E-state index is -2.25. The van der Waals surface area contributed by atoms with Crippen LogP contribution >= 0.6 is 12.2 Å². The summed E-state index contributed by atoms with van der Waals surface area (Å²) in [5.41, 5.74) is -0.788. The maximum Gasteiger partial charge on any atom is 0.337 e. The first-order valence-corrected chi connectivity index (χ1v) is 12.6. The van der Waals surface area contributed by atoms with Crippen LogP contribution < -0.4 is 10.6 Å². The number of ether oxygens (including phenoxy) is 1. The van der Waals surface area contributed by atoms with Crippen LogP contribution in [0.3, 0.4) is 0 Å². The molecule has 4 rings (SSSR count). The van der Waals surface area contributed by atoms with Crippen molar-refractivity contribution < 1.29 is 36.3 Å². The summed E-state index contributed by atoms with van der Waals surface area (Å²) >= 11 is 5.23. The SMILES string of the molecule is COC(=O)c1ccc(CN2C(=O)C(C(C)C)NC23CCN(C(=S)Nc2c(F)c(F)c(F)c(F)c2F)CC3)cc1. The van der Waals surface area contributed by atoms with Crippen molar-refractivity contribution in [3.8, 4) is 0 Å². The Morgan fingerprint density at radius 2 is 1.59 bits per heavy atom. The second-order valence-electron chi connectivity index (χ2n) is 9.87. The van der Waals surface area contributed by atoms with Gasteiger partial charge in [0, 0.05) is 32.5 Å². The fraction of sp³-hybridized carbons (Fsp3) is 0.423. The van der Waals surface area contributed by atoms with E-state index < -0.39 is 52.4 Å². The van der Waals surface area contributed by atoms with E-state index in [-0.39, 0.29) is 36.6 Å². The highest BCUT2D eigenvalue weighted by Crippen LogP contribution is 2.36. The molecule has 1 amide bonds. The average Bonchev–Trinajstić information content (AvgIpc) is 3.19. The first-order chi connectivity index (χ1) is 18.4. The predicted octanol–water partition coefficient (Wildman–Crippen LogP) is 4.31. The lowest BCUT2D eigenvalue weighted by molar-refractivity contribution is -0.134. The normalized spacial score (nSPS) is 18.7. The summed E-state index contributed by atoms with van der Waals surface area (Å²) in [5.74, 6) is -11.0. The van der Waals surface area contributed by atoms with Crippen LogP contribution in [0.5, 0.6) is 0 Å². The molecular formula is C26H27F5N4O3S. The van der Waals surface area contributed by atoms with E-state index >= 15 is 0 Å². The van der Waals surface area contributed by atoms with Crippen molar-refractivity contribution in [1.82, 2.24) is 15.1 Å². The monoisotopic (exact) mass is 570 g/mol. The molecule has 2 fully saturated rings. The molecule has 2 aromatic rings. The second kappa shape index (κ2) is 11.0. The molecule has 2 aliphatic heterocycles. The Bertz CT molecular complexity index is 1270. The Kier molecular flexibility index (Phi) is 8.12. The minimum Gasteiger partial charge on any atom is -0.465 e. The van der Waals surface area contributed by atoms with Gasteiger partial charge in [0.15, 0.2) is 28.4 Å². The lowest BCUT2D eigenvalue weighted by Crippen LogP contribution is -2.59. The smallest absolute Gasteiger partial charge is 0.337 e. The predicted molar refractivity (Wildman–Crippen MR) is 136 cm³/mol. The topological polar surface area (TPSA) is 73.9 Å². The van der Waals surface area contributed by atoms with Gasteiger partial charge in [0.2, 0.25) is 11.7 Å². The van der Waals surface area contributed by atoms with Gasteiger partial charge in [0.25, 0.3) is 0 Å². The second-order valence-corrected chi connectivity index (χ2v) is 10.3. The van der Waals surface area contributed by atoms with E-state index in [0.717, 1.165) is 5.56 Å². The van der Waals surface area contributed by atoms with Crippen molar-refractivity contribution in [3.63, 3.8) is 0 Å². The van der Waals surface area contributed by atoms with Gasteiger partial charge >= 0.3 is 5.97 Å². The zero-order chi connectivity index (χ0) is 28.6. The number of likely N-dealkylation sites (tertiary alicyclic amines) is 1. The lowest BCUT2D eigenvalue weighted by atomic mass is 9.95. The number of hydrogen-bond acceptors (Lipinski definition) is 5. The Hall–Kier alpha value is -3.32. The summed E-state index contributed by atoms with van der Waals surface area (Å²) < 4.78 is 73.6. The number of esters is 1. The molecule has 0 aliphatic carbocycles. The van der Waals surface area contributed by atoms with Crippen LogP contribution in [0.1, 0.15) is 42.6 Å². The summed E-state index contributed by atoms with van der Waals surface area (Å²) in [7, 11) is 1.29. The van der Waals surface area contributed by atoms with Crippen molar-refractivity contribution >= 4 is 34.9 Å². The van der Waals surface area contributed by atoms with Gasteiger partial charge in [-0.15, -0.1) is 0 Å². The highest BCUT2D eigenvalue weighted by Gasteiger charge is 2.52. The molecule has 210 valence electrons. The Morgan fingerprint density at radius 1 is 1.05 bits per heavy atom. The summed E-state index contributed by atoms with van der Waals surface area (Å²) in [4.78, 5) is 28.5. The number of halogens is 5. The van der Waals surface area contributed by atoms with Crippen molar-refractivity contribution in [2.24, 2.45) is 5.92 Å². The van der Waals surface area contributed by atoms with Gasteiger partial charge in [-0.25, -0.2) is 26.7 Å². The summed E-state index contributed by atoms with van der Waals surface area (Å²) in [6, 6.07) is 6.29. The van der Waals surface area contributed by atoms with Crippen molar-refractivity contribution in [1.29, 1.82) is 0 Å². The molecule has 0 bridgehead atoms. The number of amides is 1. The van der Waals surface area contributed by atoms with Gasteiger partial charge in [-0.05, 0) is 35.8 Å². The molecule has 39 heavy (non-hydrogen) atoms. The number of methoxy groups -OCH3 is 1. The van der Waals surface area contributed by atoms with Gasteiger partial charge in [0.05, 0.1) is 24.4 Å². The van der Waals surface area contributed by atoms with E-state index in [1.54, 1.807) is 34.1 Å². The van der Waals surface area contributed by atoms with E-state index in [0.29, 0.717) is 18.4 Å². The first kappa shape index (κ1) is 28.7. The van der Waals surface area contributed by atoms with E-state index in [1.165, 1.54) is 7.11 Å². The summed E-state index contributed by atoms with van der Waals surface area (Å²) in [5, 5.41) is 5.42. The molecule has 2 saturated heterocycles. The number of benzene rings is 2. The van der Waals surface area contributed by atoms with Gasteiger partial charge in [-0.1, -0.05) is 26.0 Å². The largest absolute Gasteiger partial charge is 0.465 e. The zero-order valence-corrected chi connectivity index (χ0v) is 22.2.